The molecule has 0 saturated heterocycles. The first-order valence-electron chi connectivity index (χ1n) is 23.1. The average Bonchev–Trinajstić information content (AvgIpc) is 4.12. The minimum atomic E-state index is 0.562. The van der Waals surface area contributed by atoms with Gasteiger partial charge in [-0.2, -0.15) is 0 Å². The van der Waals surface area contributed by atoms with Gasteiger partial charge in [0.2, 0.25) is 0 Å². The quantitative estimate of drug-likeness (QED) is 0.159. The molecule has 69 heavy (non-hydrogen) atoms. The molecule has 0 aliphatic carbocycles. The lowest BCUT2D eigenvalue weighted by Gasteiger charge is -2.11. The Bertz CT molecular complexity index is 4220. The van der Waals surface area contributed by atoms with Gasteiger partial charge in [0.1, 0.15) is 22.3 Å². The van der Waals surface area contributed by atoms with Gasteiger partial charge in [0.15, 0.2) is 17.5 Å². The van der Waals surface area contributed by atoms with Gasteiger partial charge in [-0.25, -0.2) is 15.0 Å². The van der Waals surface area contributed by atoms with Crippen molar-refractivity contribution in [2.24, 2.45) is 0 Å². The van der Waals surface area contributed by atoms with Gasteiger partial charge in [-0.15, -0.1) is 11.3 Å². The number of aromatic nitrogens is 3. The van der Waals surface area contributed by atoms with Crippen molar-refractivity contribution in [2.45, 2.75) is 0 Å². The molecule has 0 fully saturated rings. The number of rotatable bonds is 7. The van der Waals surface area contributed by atoms with Crippen LogP contribution in [0.2, 0.25) is 0 Å². The Morgan fingerprint density at radius 1 is 0.261 bits per heavy atom. The van der Waals surface area contributed by atoms with Crippen molar-refractivity contribution in [3.63, 3.8) is 0 Å². The molecular weight excluding hydrogens is 863 g/mol. The van der Waals surface area contributed by atoms with E-state index in [0.717, 1.165) is 105 Å². The predicted octanol–water partition coefficient (Wildman–Crippen LogP) is 17.7. The SMILES string of the molecule is c1ccc(-c2cccc(-c3nc(-c4cccc(-c5ccccc5)c4)nc(-c4cccc5oc6ccc(-c7cccc8oc9cccc(-c%10ccc%11c(c%10)sc%10ccccc%10%11)c9c78)cc6c45)n3)c2)cc1. The summed E-state index contributed by atoms with van der Waals surface area (Å²) in [5.74, 6) is 1.74. The van der Waals surface area contributed by atoms with E-state index in [1.807, 2.05) is 35.6 Å². The van der Waals surface area contributed by atoms with Crippen molar-refractivity contribution in [2.75, 3.05) is 0 Å². The lowest BCUT2D eigenvalue weighted by Crippen LogP contribution is -2.00. The van der Waals surface area contributed by atoms with Crippen LogP contribution in [-0.4, -0.2) is 15.0 Å². The number of benzene rings is 10. The number of fused-ring (bicyclic) bond motifs is 9. The van der Waals surface area contributed by atoms with Crippen molar-refractivity contribution in [3.05, 3.63) is 224 Å². The van der Waals surface area contributed by atoms with Crippen LogP contribution in [0.4, 0.5) is 0 Å². The fraction of sp³-hybridized carbons (Fsp3) is 0. The van der Waals surface area contributed by atoms with Crippen LogP contribution in [0, 0.1) is 0 Å². The highest BCUT2D eigenvalue weighted by atomic mass is 32.1. The van der Waals surface area contributed by atoms with Gasteiger partial charge in [-0.1, -0.05) is 170 Å². The van der Waals surface area contributed by atoms with E-state index in [0.29, 0.717) is 17.5 Å². The van der Waals surface area contributed by atoms with E-state index in [4.69, 9.17) is 23.8 Å². The highest BCUT2D eigenvalue weighted by Crippen LogP contribution is 2.45. The topological polar surface area (TPSA) is 65.0 Å². The van der Waals surface area contributed by atoms with Gasteiger partial charge < -0.3 is 8.83 Å². The first-order chi connectivity index (χ1) is 34.2. The van der Waals surface area contributed by atoms with Crippen molar-refractivity contribution >= 4 is 75.4 Å². The summed E-state index contributed by atoms with van der Waals surface area (Å²) in [7, 11) is 0. The number of nitrogens with zero attached hydrogens (tertiary/aromatic N) is 3. The second-order valence-corrected chi connectivity index (χ2v) is 18.5. The minimum absolute atomic E-state index is 0.562. The molecule has 4 heterocycles. The molecule has 0 spiro atoms. The zero-order valence-electron chi connectivity index (χ0n) is 36.9. The van der Waals surface area contributed by atoms with Crippen LogP contribution < -0.4 is 0 Å². The van der Waals surface area contributed by atoms with Gasteiger partial charge in [0.25, 0.3) is 0 Å². The first kappa shape index (κ1) is 39.2. The van der Waals surface area contributed by atoms with Gasteiger partial charge in [0.05, 0.1) is 0 Å². The third-order valence-electron chi connectivity index (χ3n) is 13.4. The van der Waals surface area contributed by atoms with E-state index in [9.17, 15) is 0 Å². The van der Waals surface area contributed by atoms with E-state index in [2.05, 4.69) is 200 Å². The first-order valence-corrected chi connectivity index (χ1v) is 23.9. The Kier molecular flexibility index (Phi) is 9.00. The minimum Gasteiger partial charge on any atom is -0.456 e. The van der Waals surface area contributed by atoms with Crippen molar-refractivity contribution in [1.82, 2.24) is 15.0 Å². The van der Waals surface area contributed by atoms with Gasteiger partial charge >= 0.3 is 0 Å². The molecule has 322 valence electrons. The molecule has 0 bridgehead atoms. The van der Waals surface area contributed by atoms with Crippen LogP contribution in [0.1, 0.15) is 0 Å². The molecule has 14 rings (SSSR count). The van der Waals surface area contributed by atoms with Crippen LogP contribution in [-0.2, 0) is 0 Å². The third-order valence-corrected chi connectivity index (χ3v) is 14.5. The molecule has 5 nitrogen and oxygen atoms in total. The highest BCUT2D eigenvalue weighted by Gasteiger charge is 2.22. The van der Waals surface area contributed by atoms with Crippen molar-refractivity contribution < 1.29 is 8.83 Å². The molecule has 6 heteroatoms. The lowest BCUT2D eigenvalue weighted by atomic mass is 9.93. The molecular formula is C63H37N3O2S. The molecule has 0 aliphatic heterocycles. The largest absolute Gasteiger partial charge is 0.456 e. The maximum atomic E-state index is 6.65. The van der Waals surface area contributed by atoms with Crippen LogP contribution in [0.3, 0.4) is 0 Å². The highest BCUT2D eigenvalue weighted by molar-refractivity contribution is 7.25. The second kappa shape index (κ2) is 15.8. The molecule has 10 aromatic carbocycles. The maximum absolute atomic E-state index is 6.65. The predicted molar refractivity (Wildman–Crippen MR) is 285 cm³/mol. The van der Waals surface area contributed by atoms with E-state index >= 15 is 0 Å². The van der Waals surface area contributed by atoms with Crippen molar-refractivity contribution in [3.8, 4) is 78.7 Å². The zero-order chi connectivity index (χ0) is 45.4. The molecule has 0 N–H and O–H groups in total. The normalized spacial score (nSPS) is 11.8. The lowest BCUT2D eigenvalue weighted by molar-refractivity contribution is 0.669. The summed E-state index contributed by atoms with van der Waals surface area (Å²) in [6, 6.07) is 78.5. The summed E-state index contributed by atoms with van der Waals surface area (Å²) in [5.41, 5.74) is 14.7. The third kappa shape index (κ3) is 6.64. The molecule has 0 aliphatic rings. The zero-order valence-corrected chi connectivity index (χ0v) is 37.7. The van der Waals surface area contributed by atoms with Crippen molar-refractivity contribution in [1.29, 1.82) is 0 Å². The fourth-order valence-corrected chi connectivity index (χ4v) is 11.3. The summed E-state index contributed by atoms with van der Waals surface area (Å²) in [6.45, 7) is 0. The van der Waals surface area contributed by atoms with Gasteiger partial charge in [-0.3, -0.25) is 0 Å². The van der Waals surface area contributed by atoms with Crippen LogP contribution >= 0.6 is 11.3 Å². The average molecular weight is 900 g/mol. The molecule has 0 atom stereocenters. The number of hydrogen-bond acceptors (Lipinski definition) is 6. The summed E-state index contributed by atoms with van der Waals surface area (Å²) in [4.78, 5) is 15.8. The second-order valence-electron chi connectivity index (χ2n) is 17.5. The molecule has 14 aromatic rings. The van der Waals surface area contributed by atoms with Crippen LogP contribution in [0.15, 0.2) is 233 Å². The Morgan fingerprint density at radius 2 is 0.739 bits per heavy atom. The summed E-state index contributed by atoms with van der Waals surface area (Å²) < 4.78 is 15.9. The molecule has 0 unspecified atom stereocenters. The Hall–Kier alpha value is -8.97. The molecule has 0 saturated carbocycles. The fourth-order valence-electron chi connectivity index (χ4n) is 10.1. The molecule has 4 aromatic heterocycles. The molecule has 0 amide bonds. The van der Waals surface area contributed by atoms with Gasteiger partial charge in [-0.05, 0) is 99.1 Å². The van der Waals surface area contributed by atoms with Crippen LogP contribution in [0.5, 0.6) is 0 Å². The summed E-state index contributed by atoms with van der Waals surface area (Å²) >= 11 is 1.84. The maximum Gasteiger partial charge on any atom is 0.164 e. The smallest absolute Gasteiger partial charge is 0.164 e. The van der Waals surface area contributed by atoms with Gasteiger partial charge in [0, 0.05) is 58.4 Å². The van der Waals surface area contributed by atoms with E-state index < -0.39 is 0 Å². The van der Waals surface area contributed by atoms with Crippen LogP contribution in [0.25, 0.3) is 143 Å². The Balaban J connectivity index is 0.947. The molecule has 0 radical (unpaired) electrons. The monoisotopic (exact) mass is 899 g/mol. The van der Waals surface area contributed by atoms with E-state index in [1.54, 1.807) is 0 Å². The van der Waals surface area contributed by atoms with E-state index in [1.165, 1.54) is 20.2 Å². The summed E-state index contributed by atoms with van der Waals surface area (Å²) in [6.07, 6.45) is 0. The Morgan fingerprint density at radius 3 is 1.39 bits per heavy atom. The number of hydrogen-bond donors (Lipinski definition) is 0. The Labute approximate surface area is 400 Å². The number of furan rings is 2. The number of thiophene rings is 1. The standard InChI is InChI=1S/C63H37N3O2S/c1-3-14-38(15-4-1)40-18-9-20-44(34-40)61-64-62(45-21-10-19-41(35-45)39-16-5-2-6-17-39)66-63(65-61)50-25-13-26-53-58(50)51-36-42(31-33-52(51)67-53)46-23-11-27-54-59(46)60-47(24-12-28-55(60)68-54)43-30-32-49-48-22-7-8-29-56(48)69-57(49)37-43/h1-37H. The summed E-state index contributed by atoms with van der Waals surface area (Å²) in [5, 5.41) is 6.66. The van der Waals surface area contributed by atoms with E-state index in [-0.39, 0.29) is 0 Å².